The number of carbonyl (C=O) groups is 1. The molecule has 0 saturated heterocycles. The molecule has 1 heterocycles. The Labute approximate surface area is 135 Å². The van der Waals surface area contributed by atoms with E-state index in [-0.39, 0.29) is 5.25 Å². The lowest BCUT2D eigenvalue weighted by Gasteiger charge is -2.25. The first-order valence-corrected chi connectivity index (χ1v) is 8.78. The number of hydrogen-bond acceptors (Lipinski definition) is 2. The lowest BCUT2D eigenvalue weighted by Crippen LogP contribution is -2.38. The van der Waals surface area contributed by atoms with Crippen molar-refractivity contribution >= 4 is 17.7 Å². The Bertz CT molecular complexity index is 656. The molecule has 1 aliphatic carbocycles. The Hall–Kier alpha value is -1.74. The molecule has 0 aromatic heterocycles. The van der Waals surface area contributed by atoms with Crippen LogP contribution in [-0.2, 0) is 17.8 Å². The second-order valence-electron chi connectivity index (χ2n) is 6.10. The van der Waals surface area contributed by atoms with Crippen molar-refractivity contribution < 1.29 is 4.79 Å². The monoisotopic (exact) mass is 309 g/mol. The highest BCUT2D eigenvalue weighted by molar-refractivity contribution is 8.01. The maximum Gasteiger partial charge on any atom is 0.236 e. The van der Waals surface area contributed by atoms with Crippen molar-refractivity contribution in [2.24, 2.45) is 0 Å². The highest BCUT2D eigenvalue weighted by atomic mass is 32.2. The van der Waals surface area contributed by atoms with Crippen LogP contribution < -0.4 is 0 Å². The summed E-state index contributed by atoms with van der Waals surface area (Å²) in [7, 11) is 0. The van der Waals surface area contributed by atoms with Gasteiger partial charge >= 0.3 is 0 Å². The molecule has 22 heavy (non-hydrogen) atoms. The lowest BCUT2D eigenvalue weighted by atomic mass is 10.1. The minimum Gasteiger partial charge on any atom is -0.334 e. The summed E-state index contributed by atoms with van der Waals surface area (Å²) in [6.07, 6.45) is 3.18. The van der Waals surface area contributed by atoms with Crippen LogP contribution in [0.15, 0.2) is 59.5 Å². The van der Waals surface area contributed by atoms with Gasteiger partial charge in [0.05, 0.1) is 5.25 Å². The Balaban J connectivity index is 1.50. The summed E-state index contributed by atoms with van der Waals surface area (Å²) < 4.78 is 0. The summed E-state index contributed by atoms with van der Waals surface area (Å²) in [6, 6.07) is 19.2. The summed E-state index contributed by atoms with van der Waals surface area (Å²) in [5.74, 6) is 0.313. The maximum atomic E-state index is 13.0. The first-order valence-electron chi connectivity index (χ1n) is 7.90. The topological polar surface area (TPSA) is 20.3 Å². The van der Waals surface area contributed by atoms with Crippen LogP contribution in [0.3, 0.4) is 0 Å². The van der Waals surface area contributed by atoms with E-state index in [9.17, 15) is 4.79 Å². The second kappa shape index (κ2) is 5.81. The fourth-order valence-electron chi connectivity index (χ4n) is 3.06. The van der Waals surface area contributed by atoms with Crippen LogP contribution in [0.5, 0.6) is 0 Å². The zero-order valence-corrected chi connectivity index (χ0v) is 13.3. The molecular weight excluding hydrogens is 290 g/mol. The van der Waals surface area contributed by atoms with Gasteiger partial charge in [-0.05, 0) is 36.5 Å². The van der Waals surface area contributed by atoms with Crippen molar-refractivity contribution in [2.45, 2.75) is 42.0 Å². The smallest absolute Gasteiger partial charge is 0.236 e. The largest absolute Gasteiger partial charge is 0.334 e. The third kappa shape index (κ3) is 2.78. The average molecular weight is 309 g/mol. The quantitative estimate of drug-likeness (QED) is 0.854. The third-order valence-corrected chi connectivity index (χ3v) is 5.69. The summed E-state index contributed by atoms with van der Waals surface area (Å²) in [5, 5.41) is 0.0571. The molecule has 1 fully saturated rings. The number of nitrogens with zero attached hydrogens (tertiary/aromatic N) is 1. The van der Waals surface area contributed by atoms with Crippen LogP contribution in [-0.4, -0.2) is 22.1 Å². The number of carbonyl (C=O) groups excluding carboxylic acids is 1. The number of hydrogen-bond donors (Lipinski definition) is 0. The Morgan fingerprint density at radius 2 is 1.77 bits per heavy atom. The second-order valence-corrected chi connectivity index (χ2v) is 7.35. The molecule has 0 radical (unpaired) electrons. The number of thioether (sulfide) groups is 1. The summed E-state index contributed by atoms with van der Waals surface area (Å²) in [4.78, 5) is 16.4. The van der Waals surface area contributed by atoms with Crippen molar-refractivity contribution in [3.8, 4) is 0 Å². The summed E-state index contributed by atoms with van der Waals surface area (Å²) in [5.41, 5.74) is 2.55. The van der Waals surface area contributed by atoms with Crippen molar-refractivity contribution in [3.05, 3.63) is 65.7 Å². The van der Waals surface area contributed by atoms with E-state index in [0.29, 0.717) is 11.9 Å². The zero-order chi connectivity index (χ0) is 14.9. The van der Waals surface area contributed by atoms with E-state index in [0.717, 1.165) is 25.8 Å². The van der Waals surface area contributed by atoms with Gasteiger partial charge in [-0.1, -0.05) is 48.5 Å². The van der Waals surface area contributed by atoms with Crippen LogP contribution in [0.2, 0.25) is 0 Å². The molecule has 2 aliphatic rings. The highest BCUT2D eigenvalue weighted by Crippen LogP contribution is 2.39. The molecule has 1 atom stereocenters. The summed E-state index contributed by atoms with van der Waals surface area (Å²) >= 11 is 1.74. The van der Waals surface area contributed by atoms with Crippen molar-refractivity contribution in [1.82, 2.24) is 4.90 Å². The summed E-state index contributed by atoms with van der Waals surface area (Å²) in [6.45, 7) is 0.748. The normalized spacial score (nSPS) is 19.7. The van der Waals surface area contributed by atoms with Crippen LogP contribution in [0.1, 0.15) is 24.0 Å². The Morgan fingerprint density at radius 3 is 2.50 bits per heavy atom. The standard InChI is InChI=1S/C19H19NOS/c21-19(18-12-15-8-4-5-9-17(15)22-18)20(16-10-11-16)13-14-6-2-1-3-7-14/h1-9,16,18H,10-13H2. The predicted molar refractivity (Wildman–Crippen MR) is 89.8 cm³/mol. The molecule has 4 rings (SSSR count). The van der Waals surface area contributed by atoms with Gasteiger partial charge in [0.1, 0.15) is 0 Å². The SMILES string of the molecule is O=C(C1Cc2ccccc2S1)N(Cc1ccccc1)C1CC1. The molecule has 0 spiro atoms. The molecule has 2 aromatic rings. The van der Waals surface area contributed by atoms with Gasteiger partial charge in [0, 0.05) is 17.5 Å². The van der Waals surface area contributed by atoms with Crippen molar-refractivity contribution in [3.63, 3.8) is 0 Å². The van der Waals surface area contributed by atoms with Gasteiger partial charge in [-0.15, -0.1) is 11.8 Å². The van der Waals surface area contributed by atoms with Crippen LogP contribution in [0.4, 0.5) is 0 Å². The predicted octanol–water partition coefficient (Wildman–Crippen LogP) is 3.89. The van der Waals surface area contributed by atoms with Crippen LogP contribution >= 0.6 is 11.8 Å². The highest BCUT2D eigenvalue weighted by Gasteiger charge is 2.38. The minimum atomic E-state index is 0.0571. The molecule has 2 nitrogen and oxygen atoms in total. The number of rotatable bonds is 4. The number of amides is 1. The maximum absolute atomic E-state index is 13.0. The minimum absolute atomic E-state index is 0.0571. The van der Waals surface area contributed by atoms with E-state index in [1.807, 2.05) is 18.2 Å². The number of benzene rings is 2. The Kier molecular flexibility index (Phi) is 3.67. The molecule has 1 amide bonds. The van der Waals surface area contributed by atoms with Gasteiger partial charge in [0.25, 0.3) is 0 Å². The van der Waals surface area contributed by atoms with Crippen molar-refractivity contribution in [1.29, 1.82) is 0 Å². The molecule has 0 N–H and O–H groups in total. The first kappa shape index (κ1) is 13.9. The van der Waals surface area contributed by atoms with Gasteiger partial charge in [0.15, 0.2) is 0 Å². The molecule has 112 valence electrons. The van der Waals surface area contributed by atoms with Gasteiger partial charge in [0.2, 0.25) is 5.91 Å². The first-order chi connectivity index (χ1) is 10.8. The van der Waals surface area contributed by atoms with Gasteiger partial charge in [-0.25, -0.2) is 0 Å². The average Bonchev–Trinajstić information content (AvgIpc) is 3.30. The van der Waals surface area contributed by atoms with E-state index in [4.69, 9.17) is 0 Å². The number of fused-ring (bicyclic) bond motifs is 1. The molecule has 1 saturated carbocycles. The molecule has 0 bridgehead atoms. The van der Waals surface area contributed by atoms with E-state index < -0.39 is 0 Å². The van der Waals surface area contributed by atoms with E-state index in [1.54, 1.807) is 11.8 Å². The lowest BCUT2D eigenvalue weighted by molar-refractivity contribution is -0.131. The third-order valence-electron chi connectivity index (χ3n) is 4.39. The van der Waals surface area contributed by atoms with Gasteiger partial charge in [-0.2, -0.15) is 0 Å². The Morgan fingerprint density at radius 1 is 1.05 bits per heavy atom. The zero-order valence-electron chi connectivity index (χ0n) is 12.4. The van der Waals surface area contributed by atoms with Gasteiger partial charge in [-0.3, -0.25) is 4.79 Å². The van der Waals surface area contributed by atoms with Crippen LogP contribution in [0.25, 0.3) is 0 Å². The molecule has 1 aliphatic heterocycles. The van der Waals surface area contributed by atoms with Crippen molar-refractivity contribution in [2.75, 3.05) is 0 Å². The van der Waals surface area contributed by atoms with Gasteiger partial charge < -0.3 is 4.90 Å². The molecule has 3 heteroatoms. The molecular formula is C19H19NOS. The molecule has 1 unspecified atom stereocenters. The van der Waals surface area contributed by atoms with E-state index in [2.05, 4.69) is 41.3 Å². The molecule has 2 aromatic carbocycles. The van der Waals surface area contributed by atoms with E-state index in [1.165, 1.54) is 16.0 Å². The van der Waals surface area contributed by atoms with E-state index >= 15 is 0 Å². The fourth-order valence-corrected chi connectivity index (χ4v) is 4.32. The fraction of sp³-hybridized carbons (Fsp3) is 0.316. The van der Waals surface area contributed by atoms with Crippen LogP contribution in [0, 0.1) is 0 Å².